The fraction of sp³-hybridized carbons (Fsp3) is 0.379. The smallest absolute Gasteiger partial charge is 0.395 e. The summed E-state index contributed by atoms with van der Waals surface area (Å²) < 4.78 is 42.6. The summed E-state index contributed by atoms with van der Waals surface area (Å²) in [5.74, 6) is 0. The summed E-state index contributed by atoms with van der Waals surface area (Å²) in [6, 6.07) is 21.5. The minimum atomic E-state index is -3.12. The van der Waals surface area contributed by atoms with Crippen LogP contribution in [0.25, 0.3) is 0 Å². The molecule has 1 N–H and O–H groups in total. The highest BCUT2D eigenvalue weighted by Crippen LogP contribution is 2.42. The Bertz CT molecular complexity index is 1380. The summed E-state index contributed by atoms with van der Waals surface area (Å²) in [5, 5.41) is 1.74. The zero-order chi connectivity index (χ0) is 29.5. The van der Waals surface area contributed by atoms with Gasteiger partial charge >= 0.3 is 14.4 Å². The lowest BCUT2D eigenvalue weighted by Crippen LogP contribution is -2.69. The van der Waals surface area contributed by atoms with Crippen molar-refractivity contribution in [1.82, 2.24) is 9.55 Å². The molecule has 0 amide bonds. The van der Waals surface area contributed by atoms with E-state index in [0.717, 1.165) is 10.4 Å². The molecule has 0 aliphatic carbocycles. The van der Waals surface area contributed by atoms with E-state index >= 15 is 0 Å². The van der Waals surface area contributed by atoms with Crippen molar-refractivity contribution >= 4 is 27.4 Å². The zero-order valence-corrected chi connectivity index (χ0v) is 25.4. The van der Waals surface area contributed by atoms with Gasteiger partial charge in [-0.15, -0.1) is 0 Å². The Morgan fingerprint density at radius 3 is 2.15 bits per heavy atom. The quantitative estimate of drug-likeness (QED) is 0.146. The number of H-pyrrole nitrogens is 1. The first-order valence-corrected chi connectivity index (χ1v) is 15.9. The molecule has 2 heterocycles. The van der Waals surface area contributed by atoms with Gasteiger partial charge < -0.3 is 23.2 Å². The van der Waals surface area contributed by atoms with Gasteiger partial charge in [0.1, 0.15) is 18.3 Å². The second-order valence-electron chi connectivity index (χ2n) is 10.6. The number of benzene rings is 2. The van der Waals surface area contributed by atoms with Crippen molar-refractivity contribution in [3.8, 4) is 0 Å². The molecule has 218 valence electrons. The number of ether oxygens (including phenoxy) is 3. The van der Waals surface area contributed by atoms with Crippen LogP contribution in [0.1, 0.15) is 27.0 Å². The summed E-state index contributed by atoms with van der Waals surface area (Å²) in [6.45, 7) is 6.97. The number of rotatable bonds is 12. The molecule has 4 rings (SSSR count). The molecular formula is C29H35N2O8PSi. The predicted molar refractivity (Wildman–Crippen MR) is 157 cm³/mol. The highest BCUT2D eigenvalue weighted by atomic mass is 31.1. The van der Waals surface area contributed by atoms with E-state index in [1.54, 1.807) is 13.2 Å². The molecule has 1 aliphatic heterocycles. The van der Waals surface area contributed by atoms with E-state index in [-0.39, 0.29) is 11.6 Å². The van der Waals surface area contributed by atoms with Gasteiger partial charge in [0.05, 0.1) is 19.5 Å². The minimum Gasteiger partial charge on any atom is -0.416 e. The van der Waals surface area contributed by atoms with Gasteiger partial charge in [-0.05, 0) is 21.5 Å². The molecule has 1 aliphatic rings. The summed E-state index contributed by atoms with van der Waals surface area (Å²) >= 11 is 0. The molecule has 0 unspecified atom stereocenters. The Hall–Kier alpha value is -3.18. The lowest BCUT2D eigenvalue weighted by Gasteiger charge is -2.45. The first-order valence-electron chi connectivity index (χ1n) is 13.2. The van der Waals surface area contributed by atoms with Gasteiger partial charge in [-0.25, -0.2) is 9.36 Å². The first-order chi connectivity index (χ1) is 19.7. The van der Waals surface area contributed by atoms with Gasteiger partial charge in [0.2, 0.25) is 0 Å². The molecule has 10 nitrogen and oxygen atoms in total. The van der Waals surface area contributed by atoms with Crippen LogP contribution >= 0.6 is 8.69 Å². The Labute approximate surface area is 241 Å². The van der Waals surface area contributed by atoms with E-state index in [1.165, 1.54) is 23.1 Å². The van der Waals surface area contributed by atoms with E-state index in [9.17, 15) is 14.2 Å². The maximum absolute atomic E-state index is 12.9. The molecule has 0 saturated carbocycles. The number of aromatic nitrogens is 2. The molecular weight excluding hydrogens is 563 g/mol. The van der Waals surface area contributed by atoms with E-state index in [4.69, 9.17) is 23.2 Å². The molecule has 1 fully saturated rings. The Kier molecular flexibility index (Phi) is 10.2. The van der Waals surface area contributed by atoms with Crippen LogP contribution in [0.3, 0.4) is 0 Å². The number of hydrogen-bond acceptors (Lipinski definition) is 8. The third kappa shape index (κ3) is 6.67. The van der Waals surface area contributed by atoms with Gasteiger partial charge in [0.25, 0.3) is 13.9 Å². The lowest BCUT2D eigenvalue weighted by molar-refractivity contribution is -0.0765. The maximum Gasteiger partial charge on any atom is 0.395 e. The van der Waals surface area contributed by atoms with Crippen LogP contribution in [0.15, 0.2) is 94.9 Å². The summed E-state index contributed by atoms with van der Waals surface area (Å²) in [5.41, 5.74) is -1.17. The average Bonchev–Trinajstić information content (AvgIpc) is 3.28. The Morgan fingerprint density at radius 2 is 1.61 bits per heavy atom. The molecule has 1 aromatic heterocycles. The topological polar surface area (TPSA) is 118 Å². The molecule has 1 saturated heterocycles. The summed E-state index contributed by atoms with van der Waals surface area (Å²) in [4.78, 5) is 27.0. The number of methoxy groups -OCH3 is 1. The fourth-order valence-corrected chi connectivity index (χ4v) is 10.1. The highest BCUT2D eigenvalue weighted by molar-refractivity contribution is 7.17. The van der Waals surface area contributed by atoms with Gasteiger partial charge in [-0.2, -0.15) is 0 Å². The predicted octanol–water partition coefficient (Wildman–Crippen LogP) is 3.15. The Balaban J connectivity index is 1.91. The molecule has 0 spiro atoms. The van der Waals surface area contributed by atoms with Crippen LogP contribution in [0.4, 0.5) is 0 Å². The number of nitrogens with zero attached hydrogens (tertiary/aromatic N) is 1. The highest BCUT2D eigenvalue weighted by Gasteiger charge is 2.56. The second-order valence-corrected chi connectivity index (χ2v) is 15.2. The molecule has 41 heavy (non-hydrogen) atoms. The van der Waals surface area contributed by atoms with E-state index in [0.29, 0.717) is 6.61 Å². The lowest BCUT2D eigenvalue weighted by atomic mass is 10.1. The van der Waals surface area contributed by atoms with Crippen molar-refractivity contribution in [2.45, 2.75) is 50.3 Å². The van der Waals surface area contributed by atoms with Gasteiger partial charge in [-0.3, -0.25) is 14.3 Å². The second kappa shape index (κ2) is 13.7. The maximum atomic E-state index is 12.9. The van der Waals surface area contributed by atoms with Crippen LogP contribution in [0.2, 0.25) is 5.04 Å². The average molecular weight is 599 g/mol. The molecule has 2 aromatic carbocycles. The van der Waals surface area contributed by atoms with Gasteiger partial charge in [0, 0.05) is 19.4 Å². The molecule has 0 bridgehead atoms. The third-order valence-corrected chi connectivity index (χ3v) is 12.3. The van der Waals surface area contributed by atoms with Crippen molar-refractivity contribution < 1.29 is 27.7 Å². The zero-order valence-electron chi connectivity index (χ0n) is 23.5. The van der Waals surface area contributed by atoms with E-state index in [2.05, 4.69) is 50.0 Å². The summed E-state index contributed by atoms with van der Waals surface area (Å²) in [7, 11) is -2.08. The number of aromatic amines is 1. The summed E-state index contributed by atoms with van der Waals surface area (Å²) in [6.07, 6.45) is 0.966. The fourth-order valence-electron chi connectivity index (χ4n) is 5.28. The van der Waals surface area contributed by atoms with Crippen molar-refractivity contribution in [3.63, 3.8) is 0 Å². The SMILES string of the molecule is COCCO[C@@H]1[C@H](O[Si](c2ccccc2)(c2ccccc2)C(C)(C)C)[C@@H](/C=C/OP=O)O[C@H]1n1ccc(=O)[nH]c1=O. The van der Waals surface area contributed by atoms with Crippen molar-refractivity contribution in [3.05, 3.63) is 106 Å². The van der Waals surface area contributed by atoms with E-state index in [1.807, 2.05) is 36.4 Å². The van der Waals surface area contributed by atoms with Crippen LogP contribution in [-0.2, 0) is 27.7 Å². The van der Waals surface area contributed by atoms with Gasteiger partial charge in [-0.1, -0.05) is 81.4 Å². The minimum absolute atomic E-state index is 0.200. The number of hydrogen-bond donors (Lipinski definition) is 1. The van der Waals surface area contributed by atoms with Crippen LogP contribution < -0.4 is 21.6 Å². The molecule has 12 heteroatoms. The van der Waals surface area contributed by atoms with Crippen LogP contribution in [-0.4, -0.2) is 56.5 Å². The molecule has 4 atom stereocenters. The third-order valence-electron chi connectivity index (χ3n) is 7.05. The van der Waals surface area contributed by atoms with Crippen molar-refractivity contribution in [2.24, 2.45) is 0 Å². The molecule has 3 aromatic rings. The molecule has 0 radical (unpaired) electrons. The van der Waals surface area contributed by atoms with Crippen LogP contribution in [0, 0.1) is 0 Å². The van der Waals surface area contributed by atoms with Crippen molar-refractivity contribution in [2.75, 3.05) is 20.3 Å². The van der Waals surface area contributed by atoms with Gasteiger partial charge in [0.15, 0.2) is 6.23 Å². The standard InChI is InChI=1S/C29H35N2O8PSi/c1-29(2,3)41(21-11-7-5-8-12-21,22-13-9-6-10-14-22)39-25-23(16-18-37-40-34)38-27(26(25)36-20-19-35-4)31-17-15-24(32)30-28(31)33/h5-18,23,25-27H,19-20H2,1-4H3,(H,30,32,33)/b18-16+/t23-,25-,26-,27-/m1/s1. The first kappa shape index (κ1) is 30.8. The largest absolute Gasteiger partial charge is 0.416 e. The monoisotopic (exact) mass is 598 g/mol. The number of nitrogens with one attached hydrogen (secondary N) is 1. The van der Waals surface area contributed by atoms with Crippen molar-refractivity contribution in [1.29, 1.82) is 0 Å². The van der Waals surface area contributed by atoms with Crippen LogP contribution in [0.5, 0.6) is 0 Å². The van der Waals surface area contributed by atoms with E-state index < -0.39 is 52.8 Å². The Morgan fingerprint density at radius 1 is 0.976 bits per heavy atom. The normalized spacial score (nSPS) is 21.5.